The molecule has 0 heterocycles. The molecule has 0 atom stereocenters. The lowest BCUT2D eigenvalue weighted by molar-refractivity contribution is -0.183. The molecule has 0 bridgehead atoms. The minimum absolute atomic E-state index is 0.536. The Morgan fingerprint density at radius 3 is 1.00 bits per heavy atom. The number of halogens is 1. The van der Waals surface area contributed by atoms with E-state index in [1.807, 2.05) is 54.6 Å². The molecule has 4 heteroatoms. The Balaban J connectivity index is 1.85. The van der Waals surface area contributed by atoms with Crippen molar-refractivity contribution in [2.45, 2.75) is 5.43 Å². The Bertz CT molecular complexity index is 616. The fraction of sp³-hybridized carbons (Fsp3) is 0.0526. The number of hydrogen-bond acceptors (Lipinski definition) is 3. The van der Waals surface area contributed by atoms with Gasteiger partial charge in [-0.3, -0.25) is 0 Å². The zero-order valence-electron chi connectivity index (χ0n) is 12.3. The van der Waals surface area contributed by atoms with Gasteiger partial charge in [-0.1, -0.05) is 54.6 Å². The van der Waals surface area contributed by atoms with Crippen molar-refractivity contribution in [3.05, 3.63) is 91.0 Å². The molecule has 0 spiro atoms. The molecule has 3 aromatic carbocycles. The van der Waals surface area contributed by atoms with Crippen LogP contribution in [0.2, 0.25) is 0 Å². The number of alkyl halides is 1. The Labute approximate surface area is 140 Å². The summed E-state index contributed by atoms with van der Waals surface area (Å²) in [7, 11) is 0. The first-order chi connectivity index (χ1) is 11.2. The monoisotopic (exact) mass is 326 g/mol. The van der Waals surface area contributed by atoms with E-state index in [1.165, 1.54) is 0 Å². The Kier molecular flexibility index (Phi) is 4.69. The molecule has 0 saturated carbocycles. The maximum Gasteiger partial charge on any atom is 0.509 e. The molecule has 0 fully saturated rings. The van der Waals surface area contributed by atoms with Crippen LogP contribution in [0.3, 0.4) is 0 Å². The molecule has 0 aliphatic rings. The van der Waals surface area contributed by atoms with E-state index >= 15 is 0 Å². The molecular weight excluding hydrogens is 312 g/mol. The molecule has 0 aliphatic carbocycles. The lowest BCUT2D eigenvalue weighted by Gasteiger charge is -2.28. The van der Waals surface area contributed by atoms with E-state index in [0.29, 0.717) is 17.2 Å². The number of ether oxygens (including phenoxy) is 3. The van der Waals surface area contributed by atoms with Gasteiger partial charge in [-0.2, -0.15) is 0 Å². The molecule has 116 valence electrons. The predicted molar refractivity (Wildman–Crippen MR) is 89.8 cm³/mol. The maximum absolute atomic E-state index is 6.48. The molecule has 23 heavy (non-hydrogen) atoms. The van der Waals surface area contributed by atoms with Crippen molar-refractivity contribution >= 4 is 11.6 Å². The highest BCUT2D eigenvalue weighted by atomic mass is 35.5. The fourth-order valence-electron chi connectivity index (χ4n) is 1.95. The van der Waals surface area contributed by atoms with Crippen molar-refractivity contribution in [3.8, 4) is 17.2 Å². The minimum Gasteiger partial charge on any atom is -0.408 e. The minimum atomic E-state index is -1.82. The molecule has 3 rings (SSSR count). The van der Waals surface area contributed by atoms with Crippen molar-refractivity contribution in [1.82, 2.24) is 0 Å². The van der Waals surface area contributed by atoms with Crippen LogP contribution in [0, 0.1) is 0 Å². The quantitative estimate of drug-likeness (QED) is 0.467. The average Bonchev–Trinajstić information content (AvgIpc) is 2.57. The van der Waals surface area contributed by atoms with Gasteiger partial charge in [0.1, 0.15) is 17.2 Å². The standard InChI is InChI=1S/C19H15ClO3/c20-19(21-16-10-4-1-5-11-16,22-17-12-6-2-7-13-17)23-18-14-8-3-9-15-18/h1-15H. The summed E-state index contributed by atoms with van der Waals surface area (Å²) in [4.78, 5) is 0. The van der Waals surface area contributed by atoms with Crippen LogP contribution in [0.25, 0.3) is 0 Å². The lowest BCUT2D eigenvalue weighted by atomic mass is 10.3. The van der Waals surface area contributed by atoms with Gasteiger partial charge in [-0.25, -0.2) is 0 Å². The van der Waals surface area contributed by atoms with Crippen LogP contribution in [-0.2, 0) is 0 Å². The van der Waals surface area contributed by atoms with Gasteiger partial charge >= 0.3 is 5.43 Å². The first-order valence-corrected chi connectivity index (χ1v) is 7.52. The summed E-state index contributed by atoms with van der Waals surface area (Å²) in [6.45, 7) is 0. The van der Waals surface area contributed by atoms with Crippen molar-refractivity contribution in [2.24, 2.45) is 0 Å². The van der Waals surface area contributed by atoms with Gasteiger partial charge < -0.3 is 14.2 Å². The zero-order valence-corrected chi connectivity index (χ0v) is 13.0. The first-order valence-electron chi connectivity index (χ1n) is 7.15. The van der Waals surface area contributed by atoms with Gasteiger partial charge in [0.2, 0.25) is 0 Å². The second kappa shape index (κ2) is 7.07. The van der Waals surface area contributed by atoms with Crippen molar-refractivity contribution in [2.75, 3.05) is 0 Å². The molecular formula is C19H15ClO3. The van der Waals surface area contributed by atoms with Crippen LogP contribution >= 0.6 is 11.6 Å². The van der Waals surface area contributed by atoms with Crippen LogP contribution in [0.15, 0.2) is 91.0 Å². The Hall–Kier alpha value is -2.65. The van der Waals surface area contributed by atoms with Gasteiger partial charge in [-0.05, 0) is 36.4 Å². The van der Waals surface area contributed by atoms with Crippen molar-refractivity contribution in [1.29, 1.82) is 0 Å². The first kappa shape index (κ1) is 15.3. The molecule has 3 aromatic rings. The van der Waals surface area contributed by atoms with Crippen LogP contribution in [0.4, 0.5) is 0 Å². The highest BCUT2D eigenvalue weighted by molar-refractivity contribution is 6.21. The highest BCUT2D eigenvalue weighted by Gasteiger charge is 2.36. The van der Waals surface area contributed by atoms with E-state index in [1.54, 1.807) is 36.4 Å². The van der Waals surface area contributed by atoms with E-state index in [2.05, 4.69) is 0 Å². The third kappa shape index (κ3) is 4.41. The number of rotatable bonds is 6. The molecule has 0 amide bonds. The number of benzene rings is 3. The SMILES string of the molecule is ClC(Oc1ccccc1)(Oc1ccccc1)Oc1ccccc1. The zero-order chi connectivity index (χ0) is 16.0. The summed E-state index contributed by atoms with van der Waals surface area (Å²) >= 11 is 6.48. The summed E-state index contributed by atoms with van der Waals surface area (Å²) in [6.07, 6.45) is 0. The van der Waals surface area contributed by atoms with Crippen LogP contribution in [-0.4, -0.2) is 5.43 Å². The highest BCUT2D eigenvalue weighted by Crippen LogP contribution is 2.29. The predicted octanol–water partition coefficient (Wildman–Crippen LogP) is 5.07. The van der Waals surface area contributed by atoms with E-state index in [4.69, 9.17) is 25.8 Å². The summed E-state index contributed by atoms with van der Waals surface area (Å²) in [5, 5.41) is 0. The number of hydrogen-bond donors (Lipinski definition) is 0. The smallest absolute Gasteiger partial charge is 0.408 e. The molecule has 0 aromatic heterocycles. The molecule has 3 nitrogen and oxygen atoms in total. The van der Waals surface area contributed by atoms with Gasteiger partial charge in [-0.15, -0.1) is 0 Å². The van der Waals surface area contributed by atoms with Gasteiger partial charge in [0.05, 0.1) is 0 Å². The largest absolute Gasteiger partial charge is 0.509 e. The lowest BCUT2D eigenvalue weighted by Crippen LogP contribution is -2.42. The van der Waals surface area contributed by atoms with E-state index < -0.39 is 5.43 Å². The van der Waals surface area contributed by atoms with E-state index in [9.17, 15) is 0 Å². The van der Waals surface area contributed by atoms with Crippen LogP contribution in [0.1, 0.15) is 0 Å². The van der Waals surface area contributed by atoms with Gasteiger partial charge in [0.25, 0.3) is 0 Å². The van der Waals surface area contributed by atoms with Gasteiger partial charge in [0.15, 0.2) is 0 Å². The third-order valence-corrected chi connectivity index (χ3v) is 3.18. The third-order valence-electron chi connectivity index (χ3n) is 2.95. The van der Waals surface area contributed by atoms with Gasteiger partial charge in [0, 0.05) is 11.6 Å². The Morgan fingerprint density at radius 1 is 0.478 bits per heavy atom. The van der Waals surface area contributed by atoms with Crippen molar-refractivity contribution < 1.29 is 14.2 Å². The fourth-order valence-corrected chi connectivity index (χ4v) is 2.22. The normalized spacial score (nSPS) is 10.8. The van der Waals surface area contributed by atoms with E-state index in [-0.39, 0.29) is 0 Å². The maximum atomic E-state index is 6.48. The Morgan fingerprint density at radius 2 is 0.739 bits per heavy atom. The molecule has 0 radical (unpaired) electrons. The van der Waals surface area contributed by atoms with Crippen molar-refractivity contribution in [3.63, 3.8) is 0 Å². The van der Waals surface area contributed by atoms with Crippen LogP contribution in [0.5, 0.6) is 17.2 Å². The summed E-state index contributed by atoms with van der Waals surface area (Å²) in [5.74, 6) is 1.61. The molecule has 0 N–H and O–H groups in total. The molecule has 0 saturated heterocycles. The number of para-hydroxylation sites is 3. The van der Waals surface area contributed by atoms with E-state index in [0.717, 1.165) is 0 Å². The topological polar surface area (TPSA) is 27.7 Å². The summed E-state index contributed by atoms with van der Waals surface area (Å²) < 4.78 is 17.2. The summed E-state index contributed by atoms with van der Waals surface area (Å²) in [5.41, 5.74) is -1.82. The summed E-state index contributed by atoms with van der Waals surface area (Å²) in [6, 6.07) is 27.4. The average molecular weight is 327 g/mol. The molecule has 0 unspecified atom stereocenters. The van der Waals surface area contributed by atoms with Crippen LogP contribution < -0.4 is 14.2 Å². The molecule has 0 aliphatic heterocycles. The second-order valence-electron chi connectivity index (χ2n) is 4.73. The second-order valence-corrected chi connectivity index (χ2v) is 5.19.